The lowest BCUT2D eigenvalue weighted by Gasteiger charge is -2.39. The molecule has 1 saturated heterocycles. The number of hydrogen-bond acceptors (Lipinski definition) is 3. The van der Waals surface area contributed by atoms with Gasteiger partial charge < -0.3 is 10.2 Å². The number of rotatable bonds is 3. The molecule has 1 heterocycles. The van der Waals surface area contributed by atoms with Crippen LogP contribution in [-0.2, 0) is 4.79 Å². The number of carbonyl (C=O) groups is 1. The maximum absolute atomic E-state index is 12.4. The van der Waals surface area contributed by atoms with Crippen molar-refractivity contribution in [1.82, 2.24) is 10.2 Å². The Labute approximate surface area is 103 Å². The van der Waals surface area contributed by atoms with Gasteiger partial charge in [0, 0.05) is 23.6 Å². The molecule has 0 aromatic rings. The highest BCUT2D eigenvalue weighted by atomic mass is 32.2. The zero-order valence-corrected chi connectivity index (χ0v) is 11.9. The fourth-order valence-electron chi connectivity index (χ4n) is 2.26. The normalized spacial score (nSPS) is 26.9. The minimum Gasteiger partial charge on any atom is -0.339 e. The van der Waals surface area contributed by atoms with Crippen molar-refractivity contribution < 1.29 is 4.79 Å². The molecule has 1 N–H and O–H groups in total. The molecule has 2 unspecified atom stereocenters. The monoisotopic (exact) mass is 244 g/mol. The van der Waals surface area contributed by atoms with Crippen LogP contribution in [0.15, 0.2) is 0 Å². The Kier molecular flexibility index (Phi) is 4.68. The van der Waals surface area contributed by atoms with Gasteiger partial charge in [-0.2, -0.15) is 11.8 Å². The van der Waals surface area contributed by atoms with Crippen LogP contribution in [-0.4, -0.2) is 46.5 Å². The predicted octanol–water partition coefficient (Wildman–Crippen LogP) is 1.73. The first-order valence-electron chi connectivity index (χ1n) is 6.06. The summed E-state index contributed by atoms with van der Waals surface area (Å²) in [5.74, 6) is 0.230. The average molecular weight is 244 g/mol. The molecule has 0 aromatic heterocycles. The Bertz CT molecular complexity index is 245. The number of nitrogens with zero attached hydrogens (tertiary/aromatic N) is 1. The Morgan fingerprint density at radius 1 is 1.38 bits per heavy atom. The van der Waals surface area contributed by atoms with E-state index in [0.717, 1.165) is 19.6 Å². The van der Waals surface area contributed by atoms with Gasteiger partial charge >= 0.3 is 0 Å². The highest BCUT2D eigenvalue weighted by Gasteiger charge is 2.34. The molecule has 0 spiro atoms. The number of amides is 1. The first-order valence-corrected chi connectivity index (χ1v) is 7.01. The summed E-state index contributed by atoms with van der Waals surface area (Å²) in [7, 11) is 0. The van der Waals surface area contributed by atoms with Crippen molar-refractivity contribution in [2.45, 2.75) is 50.7 Å². The first kappa shape index (κ1) is 13.8. The zero-order chi connectivity index (χ0) is 12.3. The van der Waals surface area contributed by atoms with E-state index in [0.29, 0.717) is 10.5 Å². The van der Waals surface area contributed by atoms with Crippen LogP contribution >= 0.6 is 11.8 Å². The second kappa shape index (κ2) is 5.41. The molecule has 0 aromatic carbocycles. The summed E-state index contributed by atoms with van der Waals surface area (Å²) in [6.45, 7) is 12.9. The summed E-state index contributed by atoms with van der Waals surface area (Å²) in [6.07, 6.45) is 0. The SMILES string of the molecule is CCNC(C)(C)C(=O)N1CC(C)SC(C)C1. The smallest absolute Gasteiger partial charge is 0.242 e. The predicted molar refractivity (Wildman–Crippen MR) is 70.9 cm³/mol. The van der Waals surface area contributed by atoms with Crippen molar-refractivity contribution in [2.24, 2.45) is 0 Å². The van der Waals surface area contributed by atoms with Gasteiger partial charge in [-0.05, 0) is 20.4 Å². The van der Waals surface area contributed by atoms with Crippen molar-refractivity contribution in [2.75, 3.05) is 19.6 Å². The van der Waals surface area contributed by atoms with Crippen LogP contribution in [0.4, 0.5) is 0 Å². The summed E-state index contributed by atoms with van der Waals surface area (Å²) < 4.78 is 0. The number of likely N-dealkylation sites (N-methyl/N-ethyl adjacent to an activating group) is 1. The fraction of sp³-hybridized carbons (Fsp3) is 0.917. The van der Waals surface area contributed by atoms with Crippen LogP contribution in [0, 0.1) is 0 Å². The maximum Gasteiger partial charge on any atom is 0.242 e. The third-order valence-electron chi connectivity index (χ3n) is 2.86. The van der Waals surface area contributed by atoms with E-state index in [1.54, 1.807) is 0 Å². The van der Waals surface area contributed by atoms with Crippen LogP contribution in [0.1, 0.15) is 34.6 Å². The van der Waals surface area contributed by atoms with E-state index in [4.69, 9.17) is 0 Å². The molecule has 0 aliphatic carbocycles. The molecule has 4 heteroatoms. The topological polar surface area (TPSA) is 32.3 Å². The third kappa shape index (κ3) is 3.39. The zero-order valence-electron chi connectivity index (χ0n) is 11.0. The quantitative estimate of drug-likeness (QED) is 0.820. The number of hydrogen-bond donors (Lipinski definition) is 1. The van der Waals surface area contributed by atoms with E-state index in [2.05, 4.69) is 19.2 Å². The number of thioether (sulfide) groups is 1. The molecule has 1 aliphatic rings. The average Bonchev–Trinajstić information content (AvgIpc) is 2.14. The van der Waals surface area contributed by atoms with Crippen molar-refractivity contribution in [3.8, 4) is 0 Å². The van der Waals surface area contributed by atoms with Gasteiger partial charge in [-0.15, -0.1) is 0 Å². The van der Waals surface area contributed by atoms with Crippen molar-refractivity contribution in [1.29, 1.82) is 0 Å². The fourth-order valence-corrected chi connectivity index (χ4v) is 3.58. The molecule has 2 atom stereocenters. The molecule has 1 fully saturated rings. The number of nitrogens with one attached hydrogen (secondary N) is 1. The molecule has 94 valence electrons. The summed E-state index contributed by atoms with van der Waals surface area (Å²) >= 11 is 1.97. The highest BCUT2D eigenvalue weighted by molar-refractivity contribution is 8.00. The van der Waals surface area contributed by atoms with Crippen LogP contribution < -0.4 is 5.32 Å². The first-order chi connectivity index (χ1) is 7.36. The lowest BCUT2D eigenvalue weighted by molar-refractivity contribution is -0.137. The highest BCUT2D eigenvalue weighted by Crippen LogP contribution is 2.26. The second-order valence-corrected chi connectivity index (χ2v) is 7.00. The summed E-state index contributed by atoms with van der Waals surface area (Å²) in [6, 6.07) is 0. The standard InChI is InChI=1S/C12H24N2OS/c1-6-13-12(4,5)11(15)14-7-9(2)16-10(3)8-14/h9-10,13H,6-8H2,1-5H3. The minimum absolute atomic E-state index is 0.230. The van der Waals surface area contributed by atoms with Gasteiger partial charge in [0.05, 0.1) is 5.54 Å². The lowest BCUT2D eigenvalue weighted by Crippen LogP contribution is -2.57. The maximum atomic E-state index is 12.4. The van der Waals surface area contributed by atoms with Gasteiger partial charge in [-0.3, -0.25) is 4.79 Å². The van der Waals surface area contributed by atoms with Gasteiger partial charge in [0.1, 0.15) is 0 Å². The molecule has 0 saturated carbocycles. The van der Waals surface area contributed by atoms with Crippen LogP contribution in [0.3, 0.4) is 0 Å². The van der Waals surface area contributed by atoms with E-state index in [1.165, 1.54) is 0 Å². The second-order valence-electron chi connectivity index (χ2n) is 5.12. The van der Waals surface area contributed by atoms with Crippen LogP contribution in [0.2, 0.25) is 0 Å². The lowest BCUT2D eigenvalue weighted by atomic mass is 10.0. The molecule has 1 amide bonds. The van der Waals surface area contributed by atoms with E-state index < -0.39 is 5.54 Å². The van der Waals surface area contributed by atoms with Crippen LogP contribution in [0.25, 0.3) is 0 Å². The minimum atomic E-state index is -0.434. The van der Waals surface area contributed by atoms with E-state index >= 15 is 0 Å². The Balaban J connectivity index is 2.65. The van der Waals surface area contributed by atoms with Gasteiger partial charge in [0.15, 0.2) is 0 Å². The van der Waals surface area contributed by atoms with Crippen molar-refractivity contribution in [3.05, 3.63) is 0 Å². The van der Waals surface area contributed by atoms with E-state index in [-0.39, 0.29) is 5.91 Å². The number of carbonyl (C=O) groups excluding carboxylic acids is 1. The molecular weight excluding hydrogens is 220 g/mol. The molecule has 3 nitrogen and oxygen atoms in total. The van der Waals surface area contributed by atoms with Crippen molar-refractivity contribution in [3.63, 3.8) is 0 Å². The molecule has 0 bridgehead atoms. The molecule has 16 heavy (non-hydrogen) atoms. The summed E-state index contributed by atoms with van der Waals surface area (Å²) in [5.41, 5.74) is -0.434. The third-order valence-corrected chi connectivity index (χ3v) is 4.09. The van der Waals surface area contributed by atoms with Crippen LogP contribution in [0.5, 0.6) is 0 Å². The molecule has 1 aliphatic heterocycles. The summed E-state index contributed by atoms with van der Waals surface area (Å²) in [5, 5.41) is 4.34. The molecular formula is C12H24N2OS. The Morgan fingerprint density at radius 2 is 1.88 bits per heavy atom. The summed E-state index contributed by atoms with van der Waals surface area (Å²) in [4.78, 5) is 14.4. The van der Waals surface area contributed by atoms with Crippen molar-refractivity contribution >= 4 is 17.7 Å². The van der Waals surface area contributed by atoms with E-state index in [1.807, 2.05) is 37.4 Å². The van der Waals surface area contributed by atoms with Gasteiger partial charge in [0.2, 0.25) is 5.91 Å². The van der Waals surface area contributed by atoms with Gasteiger partial charge in [0.25, 0.3) is 0 Å². The molecule has 0 radical (unpaired) electrons. The largest absolute Gasteiger partial charge is 0.339 e. The van der Waals surface area contributed by atoms with E-state index in [9.17, 15) is 4.79 Å². The Morgan fingerprint density at radius 3 is 2.31 bits per heavy atom. The molecule has 1 rings (SSSR count). The Hall–Kier alpha value is -0.220. The van der Waals surface area contributed by atoms with Gasteiger partial charge in [-0.1, -0.05) is 20.8 Å². The van der Waals surface area contributed by atoms with Gasteiger partial charge in [-0.25, -0.2) is 0 Å².